The van der Waals surface area contributed by atoms with Crippen LogP contribution in [0.1, 0.15) is 25.3 Å². The first kappa shape index (κ1) is 18.2. The fraction of sp³-hybridized carbons (Fsp3) is 0.318. The number of urea groups is 1. The summed E-state index contributed by atoms with van der Waals surface area (Å²) in [7, 11) is 0. The molecule has 28 heavy (non-hydrogen) atoms. The van der Waals surface area contributed by atoms with Gasteiger partial charge in [0.25, 0.3) is 0 Å². The largest absolute Gasteiger partial charge is 0.352 e. The topological polar surface area (TPSA) is 73.8 Å². The van der Waals surface area contributed by atoms with E-state index in [0.717, 1.165) is 35.5 Å². The summed E-state index contributed by atoms with van der Waals surface area (Å²) in [6, 6.07) is 16.6. The van der Waals surface area contributed by atoms with E-state index in [-0.39, 0.29) is 18.0 Å². The third kappa shape index (κ3) is 4.22. The lowest BCUT2D eigenvalue weighted by Crippen LogP contribution is -2.53. The summed E-state index contributed by atoms with van der Waals surface area (Å²) in [4.78, 5) is 32.0. The van der Waals surface area contributed by atoms with Gasteiger partial charge in [-0.15, -0.1) is 0 Å². The first-order chi connectivity index (χ1) is 13.6. The Bertz CT molecular complexity index is 906. The molecular weight excluding hydrogens is 352 g/mol. The van der Waals surface area contributed by atoms with E-state index in [1.807, 2.05) is 61.5 Å². The zero-order chi connectivity index (χ0) is 19.5. The summed E-state index contributed by atoms with van der Waals surface area (Å²) in [5.41, 5.74) is 3.39. The number of amides is 3. The van der Waals surface area contributed by atoms with Crippen LogP contribution in [-0.2, 0) is 11.2 Å². The maximum absolute atomic E-state index is 13.1. The number of para-hydroxylation sites is 2. The van der Waals surface area contributed by atoms with Crippen LogP contribution in [0.25, 0.3) is 0 Å². The zero-order valence-electron chi connectivity index (χ0n) is 15.9. The van der Waals surface area contributed by atoms with Crippen LogP contribution in [0.3, 0.4) is 0 Å². The lowest BCUT2D eigenvalue weighted by molar-refractivity contribution is -0.123. The Morgan fingerprint density at radius 2 is 1.82 bits per heavy atom. The molecule has 1 aliphatic carbocycles. The molecule has 1 fully saturated rings. The highest BCUT2D eigenvalue weighted by Crippen LogP contribution is 2.31. The molecular formula is C22H24N4O2. The van der Waals surface area contributed by atoms with Crippen molar-refractivity contribution in [2.75, 3.05) is 11.4 Å². The van der Waals surface area contributed by atoms with Crippen molar-refractivity contribution in [2.45, 2.75) is 38.3 Å². The minimum atomic E-state index is -0.623. The second-order valence-corrected chi connectivity index (χ2v) is 7.40. The number of rotatable bonds is 5. The molecule has 1 aliphatic heterocycles. The molecule has 0 radical (unpaired) electrons. The Morgan fingerprint density at radius 1 is 1.11 bits per heavy atom. The predicted molar refractivity (Wildman–Crippen MR) is 110 cm³/mol. The molecule has 6 nitrogen and oxygen atoms in total. The quantitative estimate of drug-likeness (QED) is 0.841. The van der Waals surface area contributed by atoms with Crippen molar-refractivity contribution in [3.63, 3.8) is 0 Å². The third-order valence-electron chi connectivity index (χ3n) is 4.94. The van der Waals surface area contributed by atoms with Crippen molar-refractivity contribution in [3.05, 3.63) is 60.2 Å². The smallest absolute Gasteiger partial charge is 0.322 e. The Morgan fingerprint density at radius 3 is 2.57 bits per heavy atom. The second-order valence-electron chi connectivity index (χ2n) is 7.40. The molecule has 1 saturated carbocycles. The van der Waals surface area contributed by atoms with E-state index >= 15 is 0 Å². The van der Waals surface area contributed by atoms with Gasteiger partial charge >= 0.3 is 6.03 Å². The average Bonchev–Trinajstić information content (AvgIpc) is 3.51. The van der Waals surface area contributed by atoms with Gasteiger partial charge in [0.2, 0.25) is 5.91 Å². The molecule has 4 rings (SSSR count). The fourth-order valence-electron chi connectivity index (χ4n) is 3.34. The van der Waals surface area contributed by atoms with Gasteiger partial charge in [0.1, 0.15) is 6.04 Å². The first-order valence-corrected chi connectivity index (χ1v) is 9.65. The maximum Gasteiger partial charge on any atom is 0.322 e. The van der Waals surface area contributed by atoms with Gasteiger partial charge in [0.05, 0.1) is 17.9 Å². The van der Waals surface area contributed by atoms with Gasteiger partial charge in [-0.25, -0.2) is 4.79 Å². The Kier molecular flexibility index (Phi) is 5.10. The minimum Gasteiger partial charge on any atom is -0.352 e. The third-order valence-corrected chi connectivity index (χ3v) is 4.94. The molecule has 0 saturated heterocycles. The molecule has 0 spiro atoms. The van der Waals surface area contributed by atoms with E-state index in [4.69, 9.17) is 0 Å². The molecule has 0 unspecified atom stereocenters. The number of carbonyl (C=O) groups excluding carboxylic acids is 2. The summed E-state index contributed by atoms with van der Waals surface area (Å²) in [5.74, 6) is -0.129. The summed E-state index contributed by atoms with van der Waals surface area (Å²) < 4.78 is 0. The number of carbonyl (C=O) groups is 2. The van der Waals surface area contributed by atoms with Gasteiger partial charge in [-0.05, 0) is 37.5 Å². The number of fused-ring (bicyclic) bond motifs is 1. The van der Waals surface area contributed by atoms with Crippen LogP contribution in [0.5, 0.6) is 0 Å². The molecule has 2 aromatic rings. The van der Waals surface area contributed by atoms with Gasteiger partial charge in [0.15, 0.2) is 0 Å². The van der Waals surface area contributed by atoms with Crippen molar-refractivity contribution in [1.82, 2.24) is 10.6 Å². The van der Waals surface area contributed by atoms with E-state index in [2.05, 4.69) is 15.6 Å². The molecule has 1 heterocycles. The lowest BCUT2D eigenvalue weighted by Gasteiger charge is -2.29. The highest BCUT2D eigenvalue weighted by molar-refractivity contribution is 6.06. The zero-order valence-corrected chi connectivity index (χ0v) is 15.9. The van der Waals surface area contributed by atoms with Gasteiger partial charge in [-0.2, -0.15) is 0 Å². The molecule has 1 atom stereocenters. The number of benzene rings is 2. The van der Waals surface area contributed by atoms with Crippen LogP contribution in [0.4, 0.5) is 16.2 Å². The summed E-state index contributed by atoms with van der Waals surface area (Å²) in [5, 5.41) is 5.96. The summed E-state index contributed by atoms with van der Waals surface area (Å²) in [6.07, 6.45) is 2.47. The van der Waals surface area contributed by atoms with Crippen LogP contribution < -0.4 is 15.5 Å². The van der Waals surface area contributed by atoms with Crippen molar-refractivity contribution in [2.24, 2.45) is 4.99 Å². The van der Waals surface area contributed by atoms with Crippen LogP contribution in [-0.4, -0.2) is 36.3 Å². The number of aliphatic imine (C=N–C) groups is 1. The number of hydrogen-bond acceptors (Lipinski definition) is 3. The highest BCUT2D eigenvalue weighted by Gasteiger charge is 2.31. The van der Waals surface area contributed by atoms with Gasteiger partial charge in [-0.1, -0.05) is 42.5 Å². The van der Waals surface area contributed by atoms with Crippen LogP contribution >= 0.6 is 0 Å². The number of anilines is 1. The molecule has 2 aliphatic rings. The van der Waals surface area contributed by atoms with Crippen LogP contribution in [0, 0.1) is 0 Å². The average molecular weight is 376 g/mol. The normalized spacial score (nSPS) is 16.6. The molecule has 0 aromatic heterocycles. The number of hydrogen-bond donors (Lipinski definition) is 2. The molecule has 2 aromatic carbocycles. The van der Waals surface area contributed by atoms with E-state index < -0.39 is 6.04 Å². The van der Waals surface area contributed by atoms with Crippen molar-refractivity contribution in [3.8, 4) is 0 Å². The summed E-state index contributed by atoms with van der Waals surface area (Å²) in [6.45, 7) is 2.31. The lowest BCUT2D eigenvalue weighted by atomic mass is 10.1. The summed E-state index contributed by atoms with van der Waals surface area (Å²) >= 11 is 0. The Labute approximate surface area is 164 Å². The molecule has 144 valence electrons. The van der Waals surface area contributed by atoms with Gasteiger partial charge in [0, 0.05) is 18.2 Å². The van der Waals surface area contributed by atoms with E-state index in [0.29, 0.717) is 13.0 Å². The molecule has 2 N–H and O–H groups in total. The number of nitrogens with one attached hydrogen (secondary N) is 2. The van der Waals surface area contributed by atoms with Gasteiger partial charge in [-0.3, -0.25) is 14.7 Å². The van der Waals surface area contributed by atoms with Gasteiger partial charge < -0.3 is 10.6 Å². The standard InChI is InChI=1S/C22H24N4O2/c1-15-14-26(20-10-6-5-9-18(20)23-15)22(28)25-19(21(27)24-17-11-12-17)13-16-7-3-2-4-8-16/h2-10,17,19H,11-14H2,1H3,(H,24,27)(H,25,28)/t19-/m1/s1. The SMILES string of the molecule is CC1=Nc2ccccc2N(C(=O)N[C@H](Cc2ccccc2)C(=O)NC2CC2)C1. The molecule has 3 amide bonds. The highest BCUT2D eigenvalue weighted by atomic mass is 16.2. The Balaban J connectivity index is 1.53. The van der Waals surface area contributed by atoms with E-state index in [9.17, 15) is 9.59 Å². The first-order valence-electron chi connectivity index (χ1n) is 9.65. The molecule has 0 bridgehead atoms. The second kappa shape index (κ2) is 7.84. The number of nitrogens with zero attached hydrogens (tertiary/aromatic N) is 2. The van der Waals surface area contributed by atoms with E-state index in [1.54, 1.807) is 4.90 Å². The van der Waals surface area contributed by atoms with Crippen molar-refractivity contribution >= 4 is 29.0 Å². The van der Waals surface area contributed by atoms with Crippen molar-refractivity contribution < 1.29 is 9.59 Å². The predicted octanol–water partition coefficient (Wildman–Crippen LogP) is 3.20. The van der Waals surface area contributed by atoms with Crippen molar-refractivity contribution in [1.29, 1.82) is 0 Å². The van der Waals surface area contributed by atoms with E-state index in [1.165, 1.54) is 0 Å². The maximum atomic E-state index is 13.1. The fourth-order valence-corrected chi connectivity index (χ4v) is 3.34. The monoisotopic (exact) mass is 376 g/mol. The molecule has 6 heteroatoms. The minimum absolute atomic E-state index is 0.129. The Hall–Kier alpha value is -3.15. The van der Waals surface area contributed by atoms with Crippen LogP contribution in [0.15, 0.2) is 59.6 Å². The van der Waals surface area contributed by atoms with Crippen LogP contribution in [0.2, 0.25) is 0 Å².